The van der Waals surface area contributed by atoms with Crippen LogP contribution in [0.5, 0.6) is 11.5 Å². The number of nitrogens with zero attached hydrogens (tertiary/aromatic N) is 2. The van der Waals surface area contributed by atoms with E-state index in [9.17, 15) is 9.59 Å². The third-order valence-corrected chi connectivity index (χ3v) is 8.17. The standard InChI is InChI=1S/C34H45N3O4S/c1-9-18-37(34(39)35-33-28(23(2)3)11-10-12-29(33)24(4)5)22-32(38)36(21-27-15-13-25(6)42-27)19-17-26-14-16-30(40-7)31(20-26)41-8/h9-16,20,23-24H,1,17-19,21-22H2,2-8H3,(H,35,39). The van der Waals surface area contributed by atoms with Gasteiger partial charge in [-0.05, 0) is 66.1 Å². The first-order valence-electron chi connectivity index (χ1n) is 14.4. The van der Waals surface area contributed by atoms with Gasteiger partial charge in [-0.1, -0.05) is 58.0 Å². The fraction of sp³-hybridized carbons (Fsp3) is 0.412. The summed E-state index contributed by atoms with van der Waals surface area (Å²) in [6.07, 6.45) is 2.28. The van der Waals surface area contributed by atoms with Crippen molar-refractivity contribution in [3.63, 3.8) is 0 Å². The number of urea groups is 1. The van der Waals surface area contributed by atoms with Crippen LogP contribution in [0.3, 0.4) is 0 Å². The summed E-state index contributed by atoms with van der Waals surface area (Å²) in [5.74, 6) is 1.65. The first-order chi connectivity index (χ1) is 20.1. The SMILES string of the molecule is C=CCN(CC(=O)N(CCc1ccc(OC)c(OC)c1)Cc1ccc(C)s1)C(=O)Nc1c(C(C)C)cccc1C(C)C. The lowest BCUT2D eigenvalue weighted by molar-refractivity contribution is -0.132. The van der Waals surface area contributed by atoms with Gasteiger partial charge in [-0.25, -0.2) is 4.79 Å². The normalized spacial score (nSPS) is 11.0. The van der Waals surface area contributed by atoms with E-state index < -0.39 is 0 Å². The summed E-state index contributed by atoms with van der Waals surface area (Å²) in [5.41, 5.74) is 4.00. The number of carbonyl (C=O) groups is 2. The summed E-state index contributed by atoms with van der Waals surface area (Å²) >= 11 is 1.67. The molecule has 0 saturated carbocycles. The number of ether oxygens (including phenoxy) is 2. The van der Waals surface area contributed by atoms with Gasteiger partial charge in [0.1, 0.15) is 6.54 Å². The largest absolute Gasteiger partial charge is 0.493 e. The van der Waals surface area contributed by atoms with Crippen molar-refractivity contribution >= 4 is 29.0 Å². The lowest BCUT2D eigenvalue weighted by Crippen LogP contribution is -2.45. The number of hydrogen-bond donors (Lipinski definition) is 1. The summed E-state index contributed by atoms with van der Waals surface area (Å²) in [7, 11) is 3.22. The summed E-state index contributed by atoms with van der Waals surface area (Å²) in [6.45, 7) is 15.5. The highest BCUT2D eigenvalue weighted by molar-refractivity contribution is 7.11. The van der Waals surface area contributed by atoms with E-state index in [1.165, 1.54) is 9.78 Å². The summed E-state index contributed by atoms with van der Waals surface area (Å²) in [6, 6.07) is 15.7. The summed E-state index contributed by atoms with van der Waals surface area (Å²) in [4.78, 5) is 33.1. The number of rotatable bonds is 14. The quantitative estimate of drug-likeness (QED) is 0.196. The van der Waals surface area contributed by atoms with Crippen LogP contribution in [-0.2, 0) is 17.8 Å². The third kappa shape index (κ3) is 8.61. The first-order valence-corrected chi connectivity index (χ1v) is 15.2. The Labute approximate surface area is 255 Å². The maximum atomic E-state index is 13.8. The number of thiophene rings is 1. The minimum Gasteiger partial charge on any atom is -0.493 e. The molecule has 0 aliphatic carbocycles. The molecule has 0 radical (unpaired) electrons. The van der Waals surface area contributed by atoms with Crippen LogP contribution in [0, 0.1) is 6.92 Å². The van der Waals surface area contributed by atoms with E-state index in [0.29, 0.717) is 31.0 Å². The fourth-order valence-corrected chi connectivity index (χ4v) is 5.78. The van der Waals surface area contributed by atoms with E-state index in [2.05, 4.69) is 58.6 Å². The number of aryl methyl sites for hydroxylation is 1. The van der Waals surface area contributed by atoms with E-state index in [1.807, 2.05) is 41.3 Å². The number of hydrogen-bond acceptors (Lipinski definition) is 5. The molecule has 0 aliphatic heterocycles. The van der Waals surface area contributed by atoms with E-state index in [1.54, 1.807) is 31.6 Å². The number of carbonyl (C=O) groups excluding carboxylic acids is 2. The first kappa shape index (κ1) is 32.7. The Morgan fingerprint density at radius 2 is 1.62 bits per heavy atom. The Kier molecular flexibility index (Phi) is 12.0. The molecule has 0 spiro atoms. The summed E-state index contributed by atoms with van der Waals surface area (Å²) < 4.78 is 10.8. The molecule has 7 nitrogen and oxygen atoms in total. The van der Waals surface area contributed by atoms with Gasteiger partial charge in [0.15, 0.2) is 11.5 Å². The molecule has 0 unspecified atom stereocenters. The van der Waals surface area contributed by atoms with Gasteiger partial charge in [0.2, 0.25) is 5.91 Å². The van der Waals surface area contributed by atoms with Crippen LogP contribution in [-0.4, -0.2) is 55.6 Å². The van der Waals surface area contributed by atoms with Crippen molar-refractivity contribution in [1.82, 2.24) is 9.80 Å². The highest BCUT2D eigenvalue weighted by Gasteiger charge is 2.24. The fourth-order valence-electron chi connectivity index (χ4n) is 4.87. The molecule has 3 aromatic rings. The minimum absolute atomic E-state index is 0.0605. The monoisotopic (exact) mass is 591 g/mol. The van der Waals surface area contributed by atoms with Crippen molar-refractivity contribution in [3.8, 4) is 11.5 Å². The zero-order valence-electron chi connectivity index (χ0n) is 26.0. The molecule has 1 aromatic heterocycles. The van der Waals surface area contributed by atoms with Gasteiger partial charge in [-0.2, -0.15) is 0 Å². The van der Waals surface area contributed by atoms with Crippen molar-refractivity contribution < 1.29 is 19.1 Å². The second-order valence-electron chi connectivity index (χ2n) is 11.0. The molecule has 0 aliphatic rings. The van der Waals surface area contributed by atoms with Gasteiger partial charge in [0.05, 0.1) is 20.8 Å². The molecular formula is C34H45N3O4S. The van der Waals surface area contributed by atoms with E-state index in [-0.39, 0.29) is 36.9 Å². The van der Waals surface area contributed by atoms with Crippen LogP contribution in [0.4, 0.5) is 10.5 Å². The number of methoxy groups -OCH3 is 2. The predicted molar refractivity (Wildman–Crippen MR) is 173 cm³/mol. The Morgan fingerprint density at radius 3 is 2.17 bits per heavy atom. The zero-order chi connectivity index (χ0) is 30.8. The van der Waals surface area contributed by atoms with Crippen LogP contribution < -0.4 is 14.8 Å². The Morgan fingerprint density at radius 1 is 0.952 bits per heavy atom. The topological polar surface area (TPSA) is 71.1 Å². The zero-order valence-corrected chi connectivity index (χ0v) is 26.8. The van der Waals surface area contributed by atoms with Gasteiger partial charge in [-0.3, -0.25) is 4.79 Å². The molecule has 0 saturated heterocycles. The second-order valence-corrected chi connectivity index (χ2v) is 12.4. The molecule has 1 heterocycles. The highest BCUT2D eigenvalue weighted by atomic mass is 32.1. The third-order valence-electron chi connectivity index (χ3n) is 7.18. The molecule has 0 bridgehead atoms. The number of amides is 3. The van der Waals surface area contributed by atoms with Gasteiger partial charge in [-0.15, -0.1) is 17.9 Å². The molecule has 1 N–H and O–H groups in total. The predicted octanol–water partition coefficient (Wildman–Crippen LogP) is 7.61. The van der Waals surface area contributed by atoms with Gasteiger partial charge in [0.25, 0.3) is 0 Å². The smallest absolute Gasteiger partial charge is 0.322 e. The van der Waals surface area contributed by atoms with Crippen LogP contribution >= 0.6 is 11.3 Å². The van der Waals surface area contributed by atoms with Crippen LogP contribution in [0.1, 0.15) is 66.0 Å². The molecule has 3 amide bonds. The molecular weight excluding hydrogens is 546 g/mol. The van der Waals surface area contributed by atoms with Crippen molar-refractivity contribution in [1.29, 1.82) is 0 Å². The minimum atomic E-state index is -0.315. The molecule has 3 rings (SSSR count). The molecule has 226 valence electrons. The van der Waals surface area contributed by atoms with Crippen LogP contribution in [0.2, 0.25) is 0 Å². The van der Waals surface area contributed by atoms with Crippen molar-refractivity contribution in [2.75, 3.05) is 39.2 Å². The van der Waals surface area contributed by atoms with E-state index in [4.69, 9.17) is 9.47 Å². The average molecular weight is 592 g/mol. The Hall–Kier alpha value is -3.78. The Balaban J connectivity index is 1.83. The lowest BCUT2D eigenvalue weighted by Gasteiger charge is -2.28. The van der Waals surface area contributed by atoms with Crippen LogP contribution in [0.15, 0.2) is 61.2 Å². The molecule has 2 aromatic carbocycles. The Bertz CT molecular complexity index is 1340. The highest BCUT2D eigenvalue weighted by Crippen LogP contribution is 2.33. The van der Waals surface area contributed by atoms with Crippen molar-refractivity contribution in [3.05, 3.63) is 87.6 Å². The van der Waals surface area contributed by atoms with E-state index >= 15 is 0 Å². The maximum absolute atomic E-state index is 13.8. The lowest BCUT2D eigenvalue weighted by atomic mass is 9.93. The average Bonchev–Trinajstić information content (AvgIpc) is 3.38. The molecule has 8 heteroatoms. The van der Waals surface area contributed by atoms with Crippen molar-refractivity contribution in [2.45, 2.75) is 59.4 Å². The van der Waals surface area contributed by atoms with Gasteiger partial charge >= 0.3 is 6.03 Å². The number of nitrogens with one attached hydrogen (secondary N) is 1. The van der Waals surface area contributed by atoms with Crippen molar-refractivity contribution in [2.24, 2.45) is 0 Å². The van der Waals surface area contributed by atoms with Crippen LogP contribution in [0.25, 0.3) is 0 Å². The number of anilines is 1. The van der Waals surface area contributed by atoms with Gasteiger partial charge in [0, 0.05) is 28.5 Å². The number of para-hydroxylation sites is 1. The molecule has 0 atom stereocenters. The molecule has 0 fully saturated rings. The maximum Gasteiger partial charge on any atom is 0.322 e. The second kappa shape index (κ2) is 15.4. The summed E-state index contributed by atoms with van der Waals surface area (Å²) in [5, 5.41) is 3.15. The number of benzene rings is 2. The van der Waals surface area contributed by atoms with E-state index in [0.717, 1.165) is 27.3 Å². The van der Waals surface area contributed by atoms with Gasteiger partial charge < -0.3 is 24.6 Å². The molecule has 42 heavy (non-hydrogen) atoms.